The highest BCUT2D eigenvalue weighted by Crippen LogP contribution is 2.28. The van der Waals surface area contributed by atoms with Crippen molar-refractivity contribution in [1.82, 2.24) is 14.8 Å². The number of benzene rings is 2. The Morgan fingerprint density at radius 2 is 2.06 bits per heavy atom. The lowest BCUT2D eigenvalue weighted by atomic mass is 10.0. The van der Waals surface area contributed by atoms with Gasteiger partial charge in [-0.05, 0) is 54.8 Å². The first kappa shape index (κ1) is 27.2. The van der Waals surface area contributed by atoms with E-state index in [0.29, 0.717) is 30.8 Å². The minimum Gasteiger partial charge on any atom is -0.483 e. The number of aromatic nitrogens is 1. The largest absolute Gasteiger partial charge is 0.483 e. The zero-order valence-corrected chi connectivity index (χ0v) is 20.9. The van der Waals surface area contributed by atoms with E-state index in [-0.39, 0.29) is 30.5 Å². The molecule has 1 amide bonds. The van der Waals surface area contributed by atoms with Gasteiger partial charge in [0.1, 0.15) is 11.6 Å². The van der Waals surface area contributed by atoms with Gasteiger partial charge in [0.05, 0.1) is 17.7 Å². The lowest BCUT2D eigenvalue weighted by molar-refractivity contribution is -0.134. The fourth-order valence-electron chi connectivity index (χ4n) is 4.22. The highest BCUT2D eigenvalue weighted by atomic mass is 32.2. The van der Waals surface area contributed by atoms with Gasteiger partial charge in [-0.2, -0.15) is 13.2 Å². The molecule has 11 heteroatoms. The molecule has 2 atom stereocenters. The molecular weight excluding hydrogens is 487 g/mol. The number of carbonyl (C=O) groups is 1. The molecule has 1 aliphatic rings. The van der Waals surface area contributed by atoms with Crippen LogP contribution in [0.1, 0.15) is 23.6 Å². The number of likely N-dealkylation sites (N-methyl/N-ethyl adjacent to an activating group) is 1. The Morgan fingerprint density at radius 1 is 1.31 bits per heavy atom. The second-order valence-electron chi connectivity index (χ2n) is 8.58. The Bertz CT molecular complexity index is 1320. The third-order valence-electron chi connectivity index (χ3n) is 6.06. The van der Waals surface area contributed by atoms with Gasteiger partial charge < -0.3 is 14.7 Å². The average Bonchev–Trinajstić information content (AvgIpc) is 3.26. The molecule has 1 fully saturated rings. The van der Waals surface area contributed by atoms with E-state index in [1.165, 1.54) is 12.1 Å². The van der Waals surface area contributed by atoms with E-state index in [2.05, 4.69) is 9.88 Å². The fraction of sp³-hybridized carbons (Fsp3) is 0.360. The number of pyridine rings is 1. The molecule has 36 heavy (non-hydrogen) atoms. The van der Waals surface area contributed by atoms with Crippen LogP contribution in [0.15, 0.2) is 54.7 Å². The van der Waals surface area contributed by atoms with Crippen LogP contribution in [0.25, 0.3) is 10.9 Å². The maximum atomic E-state index is 13.9. The second-order valence-corrected chi connectivity index (χ2v) is 9.05. The van der Waals surface area contributed by atoms with Crippen LogP contribution in [-0.4, -0.2) is 73.6 Å². The van der Waals surface area contributed by atoms with Crippen molar-refractivity contribution >= 4 is 27.3 Å². The SMILES string of the molecule is Cc1ccc(OCC(=O)N(C)C(CN2CC[C@H](O)C2)c2cccc(F)c2)c2cccnc12.N=S(=O)=O. The lowest BCUT2D eigenvalue weighted by Crippen LogP contribution is -2.41. The summed E-state index contributed by atoms with van der Waals surface area (Å²) in [5.74, 6) is 0.0479. The van der Waals surface area contributed by atoms with Crippen molar-refractivity contribution in [3.05, 3.63) is 71.7 Å². The smallest absolute Gasteiger partial charge is 0.308 e. The molecule has 4 rings (SSSR count). The van der Waals surface area contributed by atoms with Gasteiger partial charge in [-0.25, -0.2) is 4.39 Å². The first-order chi connectivity index (χ1) is 17.2. The third kappa shape index (κ3) is 7.30. The Kier molecular flexibility index (Phi) is 9.45. The molecule has 2 N–H and O–H groups in total. The standard InChI is InChI=1S/C25H28FN3O3.HNO2S/c1-17-8-9-23(21-7-4-11-27-25(17)21)32-16-24(31)28(2)22(15-29-12-10-20(30)14-29)18-5-3-6-19(26)13-18;1-4(2)3/h3-9,11,13,20,22,30H,10,12,14-16H2,1-2H3;1H/t20-,22?;/m0./s1. The normalized spacial score (nSPS) is 16.2. The Labute approximate surface area is 210 Å². The number of carbonyl (C=O) groups excluding carboxylic acids is 1. The molecule has 0 aliphatic carbocycles. The number of likely N-dealkylation sites (tertiary alicyclic amines) is 1. The molecule has 9 nitrogen and oxygen atoms in total. The van der Waals surface area contributed by atoms with Crippen LogP contribution in [0, 0.1) is 17.5 Å². The summed E-state index contributed by atoms with van der Waals surface area (Å²) in [6, 6.07) is 13.5. The summed E-state index contributed by atoms with van der Waals surface area (Å²) in [6.07, 6.45) is 2.07. The molecule has 3 aromatic rings. The number of nitrogens with zero attached hydrogens (tertiary/aromatic N) is 3. The highest BCUT2D eigenvalue weighted by Gasteiger charge is 2.28. The Hall–Kier alpha value is -3.41. The number of aryl methyl sites for hydroxylation is 1. The maximum Gasteiger partial charge on any atom is 0.308 e. The fourth-order valence-corrected chi connectivity index (χ4v) is 4.22. The van der Waals surface area contributed by atoms with Gasteiger partial charge in [0.2, 0.25) is 0 Å². The highest BCUT2D eigenvalue weighted by molar-refractivity contribution is 7.60. The zero-order chi connectivity index (χ0) is 26.2. The first-order valence-corrected chi connectivity index (χ1v) is 12.4. The van der Waals surface area contributed by atoms with Gasteiger partial charge in [-0.15, -0.1) is 0 Å². The van der Waals surface area contributed by atoms with Gasteiger partial charge >= 0.3 is 10.5 Å². The van der Waals surface area contributed by atoms with Crippen LogP contribution in [0.4, 0.5) is 4.39 Å². The van der Waals surface area contributed by atoms with Crippen molar-refractivity contribution in [2.24, 2.45) is 0 Å². The van der Waals surface area contributed by atoms with E-state index >= 15 is 0 Å². The summed E-state index contributed by atoms with van der Waals surface area (Å²) in [5.41, 5.74) is 2.60. The Morgan fingerprint density at radius 3 is 2.72 bits per heavy atom. The predicted octanol–water partition coefficient (Wildman–Crippen LogP) is 2.96. The van der Waals surface area contributed by atoms with Crippen molar-refractivity contribution in [2.75, 3.05) is 33.3 Å². The van der Waals surface area contributed by atoms with Crippen LogP contribution in [0.2, 0.25) is 0 Å². The van der Waals surface area contributed by atoms with Gasteiger partial charge in [0.25, 0.3) is 5.91 Å². The number of amides is 1. The molecule has 1 unspecified atom stereocenters. The van der Waals surface area contributed by atoms with Gasteiger partial charge in [0, 0.05) is 38.3 Å². The molecule has 192 valence electrons. The predicted molar refractivity (Wildman–Crippen MR) is 133 cm³/mol. The topological polar surface area (TPSA) is 124 Å². The van der Waals surface area contributed by atoms with Crippen LogP contribution in [0.3, 0.4) is 0 Å². The van der Waals surface area contributed by atoms with Crippen molar-refractivity contribution in [3.63, 3.8) is 0 Å². The first-order valence-electron chi connectivity index (χ1n) is 11.3. The monoisotopic (exact) mass is 516 g/mol. The minimum atomic E-state index is -2.61. The van der Waals surface area contributed by atoms with Crippen molar-refractivity contribution < 1.29 is 27.4 Å². The summed E-state index contributed by atoms with van der Waals surface area (Å²) in [7, 11) is -0.900. The summed E-state index contributed by atoms with van der Waals surface area (Å²) >= 11 is 0. The number of ether oxygens (including phenoxy) is 1. The number of halogens is 1. The summed E-state index contributed by atoms with van der Waals surface area (Å²) in [4.78, 5) is 21.2. The zero-order valence-electron chi connectivity index (χ0n) is 20.1. The number of hydrogen-bond donors (Lipinski definition) is 2. The van der Waals surface area contributed by atoms with E-state index in [9.17, 15) is 14.3 Å². The van der Waals surface area contributed by atoms with Crippen LogP contribution < -0.4 is 4.74 Å². The van der Waals surface area contributed by atoms with Crippen molar-refractivity contribution in [3.8, 4) is 5.75 Å². The minimum absolute atomic E-state index is 0.141. The quantitative estimate of drug-likeness (QED) is 0.495. The summed E-state index contributed by atoms with van der Waals surface area (Å²) < 4.78 is 42.7. The van der Waals surface area contributed by atoms with Crippen LogP contribution in [0.5, 0.6) is 5.75 Å². The number of hydrogen-bond acceptors (Lipinski definition) is 8. The molecule has 0 radical (unpaired) electrons. The number of fused-ring (bicyclic) bond motifs is 1. The number of nitrogens with one attached hydrogen (secondary N) is 1. The second kappa shape index (κ2) is 12.5. The number of aliphatic hydroxyl groups excluding tert-OH is 1. The molecule has 2 heterocycles. The molecule has 0 saturated carbocycles. The van der Waals surface area contributed by atoms with Gasteiger partial charge in [-0.3, -0.25) is 14.7 Å². The summed E-state index contributed by atoms with van der Waals surface area (Å²) in [6.45, 7) is 3.65. The molecule has 2 aromatic carbocycles. The van der Waals surface area contributed by atoms with E-state index in [1.807, 2.05) is 37.3 Å². The average molecular weight is 517 g/mol. The van der Waals surface area contributed by atoms with E-state index in [1.54, 1.807) is 24.2 Å². The lowest BCUT2D eigenvalue weighted by Gasteiger charge is -2.32. The molecular formula is C25H29FN4O5S. The molecule has 0 spiro atoms. The molecule has 1 saturated heterocycles. The number of β-amino-alcohol motifs (C(OH)–C–C–N with tert-alkyl or cyclic N) is 1. The van der Waals surface area contributed by atoms with E-state index < -0.39 is 10.5 Å². The molecule has 1 aliphatic heterocycles. The molecule has 0 bridgehead atoms. The Balaban J connectivity index is 0.000000840. The summed E-state index contributed by atoms with van der Waals surface area (Å²) in [5, 5.41) is 10.7. The van der Waals surface area contributed by atoms with Crippen LogP contribution >= 0.6 is 0 Å². The van der Waals surface area contributed by atoms with Crippen molar-refractivity contribution in [1.29, 1.82) is 4.78 Å². The number of rotatable bonds is 7. The van der Waals surface area contributed by atoms with Gasteiger partial charge in [-0.1, -0.05) is 18.2 Å². The van der Waals surface area contributed by atoms with E-state index in [4.69, 9.17) is 17.9 Å². The molecule has 1 aromatic heterocycles. The van der Waals surface area contributed by atoms with Gasteiger partial charge in [0.15, 0.2) is 6.61 Å². The van der Waals surface area contributed by atoms with E-state index in [0.717, 1.165) is 23.0 Å². The maximum absolute atomic E-state index is 13.9. The van der Waals surface area contributed by atoms with Crippen LogP contribution in [-0.2, 0) is 15.3 Å². The number of aliphatic hydroxyl groups is 1. The third-order valence-corrected chi connectivity index (χ3v) is 6.06. The van der Waals surface area contributed by atoms with Crippen molar-refractivity contribution in [2.45, 2.75) is 25.5 Å².